The van der Waals surface area contributed by atoms with Gasteiger partial charge in [0, 0.05) is 25.3 Å². The summed E-state index contributed by atoms with van der Waals surface area (Å²) in [6.07, 6.45) is 5.05. The normalized spacial score (nSPS) is 16.8. The van der Waals surface area contributed by atoms with Crippen molar-refractivity contribution in [1.29, 1.82) is 0 Å². The number of rotatable bonds is 6. The maximum atomic E-state index is 12.6. The third-order valence-electron chi connectivity index (χ3n) is 5.89. The molecule has 4 rings (SSSR count). The summed E-state index contributed by atoms with van der Waals surface area (Å²) in [7, 11) is 0. The largest absolute Gasteiger partial charge is 0.350 e. The van der Waals surface area contributed by atoms with Gasteiger partial charge in [-0.15, -0.1) is 0 Å². The van der Waals surface area contributed by atoms with Crippen molar-refractivity contribution < 1.29 is 4.79 Å². The van der Waals surface area contributed by atoms with Crippen molar-refractivity contribution in [2.75, 3.05) is 37.6 Å². The zero-order valence-corrected chi connectivity index (χ0v) is 18.1. The molecule has 3 heterocycles. The number of anilines is 2. The van der Waals surface area contributed by atoms with Crippen molar-refractivity contribution in [2.24, 2.45) is 4.99 Å². The van der Waals surface area contributed by atoms with E-state index in [4.69, 9.17) is 0 Å². The van der Waals surface area contributed by atoms with Gasteiger partial charge < -0.3 is 15.1 Å². The average Bonchev–Trinajstić information content (AvgIpc) is 3.39. The van der Waals surface area contributed by atoms with Crippen molar-refractivity contribution in [3.63, 3.8) is 0 Å². The van der Waals surface area contributed by atoms with E-state index in [-0.39, 0.29) is 5.91 Å². The molecule has 2 aliphatic heterocycles. The van der Waals surface area contributed by atoms with Crippen LogP contribution >= 0.6 is 0 Å². The van der Waals surface area contributed by atoms with Crippen LogP contribution in [0.5, 0.6) is 0 Å². The molecule has 1 aromatic heterocycles. The molecule has 158 valence electrons. The lowest BCUT2D eigenvalue weighted by molar-refractivity contribution is -0.114. The van der Waals surface area contributed by atoms with Crippen LogP contribution in [0.4, 0.5) is 17.2 Å². The molecule has 7 heteroatoms. The van der Waals surface area contributed by atoms with Gasteiger partial charge in [-0.25, -0.2) is 15.0 Å². The summed E-state index contributed by atoms with van der Waals surface area (Å²) in [6, 6.07) is 6.49. The number of amides is 1. The van der Waals surface area contributed by atoms with Gasteiger partial charge in [-0.3, -0.25) is 4.79 Å². The van der Waals surface area contributed by atoms with Gasteiger partial charge in [-0.05, 0) is 64.8 Å². The SMILES string of the molecule is C/C(=N\c1c(C)ncnc1N1CCc2cc(C)ccc21)C(=O)NCCN1CCCC1. The molecule has 7 nitrogen and oxygen atoms in total. The van der Waals surface area contributed by atoms with Crippen LogP contribution in [0.15, 0.2) is 29.5 Å². The van der Waals surface area contributed by atoms with E-state index in [2.05, 4.69) is 55.2 Å². The number of hydrogen-bond acceptors (Lipinski definition) is 6. The number of carbonyl (C=O) groups is 1. The topological polar surface area (TPSA) is 73.7 Å². The number of likely N-dealkylation sites (tertiary alicyclic amines) is 1. The number of hydrogen-bond donors (Lipinski definition) is 1. The molecule has 1 aromatic carbocycles. The van der Waals surface area contributed by atoms with Crippen LogP contribution in [-0.2, 0) is 11.2 Å². The second kappa shape index (κ2) is 8.92. The molecule has 2 aromatic rings. The Hall–Kier alpha value is -2.80. The van der Waals surface area contributed by atoms with Crippen LogP contribution in [0.3, 0.4) is 0 Å². The number of nitrogens with zero attached hydrogens (tertiary/aromatic N) is 5. The first-order chi connectivity index (χ1) is 14.5. The van der Waals surface area contributed by atoms with Gasteiger partial charge in [-0.1, -0.05) is 17.7 Å². The van der Waals surface area contributed by atoms with E-state index in [1.54, 1.807) is 13.3 Å². The number of aliphatic imine (C=N–C) groups is 1. The lowest BCUT2D eigenvalue weighted by atomic mass is 10.1. The Morgan fingerprint density at radius 2 is 1.97 bits per heavy atom. The highest BCUT2D eigenvalue weighted by molar-refractivity contribution is 6.38. The van der Waals surface area contributed by atoms with E-state index in [0.717, 1.165) is 49.8 Å². The fourth-order valence-corrected chi connectivity index (χ4v) is 4.21. The number of aromatic nitrogens is 2. The second-order valence-electron chi connectivity index (χ2n) is 8.17. The predicted molar refractivity (Wildman–Crippen MR) is 120 cm³/mol. The lowest BCUT2D eigenvalue weighted by Gasteiger charge is -2.21. The maximum absolute atomic E-state index is 12.6. The number of carbonyl (C=O) groups excluding carboxylic acids is 1. The molecule has 0 spiro atoms. The predicted octanol–water partition coefficient (Wildman–Crippen LogP) is 3.09. The van der Waals surface area contributed by atoms with E-state index < -0.39 is 0 Å². The molecule has 0 saturated carbocycles. The van der Waals surface area contributed by atoms with Gasteiger partial charge >= 0.3 is 0 Å². The van der Waals surface area contributed by atoms with E-state index in [1.165, 1.54) is 24.0 Å². The van der Waals surface area contributed by atoms with Crippen LogP contribution in [0.1, 0.15) is 36.6 Å². The highest BCUT2D eigenvalue weighted by Gasteiger charge is 2.25. The van der Waals surface area contributed by atoms with E-state index in [9.17, 15) is 4.79 Å². The van der Waals surface area contributed by atoms with Gasteiger partial charge in [0.1, 0.15) is 17.7 Å². The van der Waals surface area contributed by atoms with Gasteiger partial charge in [-0.2, -0.15) is 0 Å². The highest BCUT2D eigenvalue weighted by Crippen LogP contribution is 2.39. The van der Waals surface area contributed by atoms with Gasteiger partial charge in [0.2, 0.25) is 0 Å². The Morgan fingerprint density at radius 1 is 1.17 bits per heavy atom. The molecule has 30 heavy (non-hydrogen) atoms. The summed E-state index contributed by atoms with van der Waals surface area (Å²) >= 11 is 0. The Kier molecular flexibility index (Phi) is 6.08. The fraction of sp³-hybridized carbons (Fsp3) is 0.478. The number of aryl methyl sites for hydroxylation is 2. The van der Waals surface area contributed by atoms with Gasteiger partial charge in [0.25, 0.3) is 5.91 Å². The zero-order valence-electron chi connectivity index (χ0n) is 18.1. The summed E-state index contributed by atoms with van der Waals surface area (Å²) in [6.45, 7) is 10.4. The van der Waals surface area contributed by atoms with Crippen molar-refractivity contribution in [1.82, 2.24) is 20.2 Å². The van der Waals surface area contributed by atoms with Gasteiger partial charge in [0.05, 0.1) is 5.69 Å². The van der Waals surface area contributed by atoms with Crippen LogP contribution < -0.4 is 10.2 Å². The molecule has 2 aliphatic rings. The first kappa shape index (κ1) is 20.5. The summed E-state index contributed by atoms with van der Waals surface area (Å²) in [5.74, 6) is 0.621. The smallest absolute Gasteiger partial charge is 0.265 e. The Labute approximate surface area is 178 Å². The molecular formula is C23H30N6O. The first-order valence-electron chi connectivity index (χ1n) is 10.8. The minimum Gasteiger partial charge on any atom is -0.350 e. The summed E-state index contributed by atoms with van der Waals surface area (Å²) in [5, 5.41) is 2.99. The van der Waals surface area contributed by atoms with E-state index in [0.29, 0.717) is 17.9 Å². The third-order valence-corrected chi connectivity index (χ3v) is 5.89. The molecule has 0 radical (unpaired) electrons. The minimum atomic E-state index is -0.138. The van der Waals surface area contributed by atoms with Crippen molar-refractivity contribution in [2.45, 2.75) is 40.0 Å². The molecule has 0 bridgehead atoms. The molecule has 1 fully saturated rings. The van der Waals surface area contributed by atoms with Crippen LogP contribution in [0.2, 0.25) is 0 Å². The summed E-state index contributed by atoms with van der Waals surface area (Å²) in [4.78, 5) is 30.7. The second-order valence-corrected chi connectivity index (χ2v) is 8.17. The molecule has 0 atom stereocenters. The zero-order chi connectivity index (χ0) is 21.1. The number of benzene rings is 1. The highest BCUT2D eigenvalue weighted by atomic mass is 16.1. The monoisotopic (exact) mass is 406 g/mol. The molecule has 1 amide bonds. The molecular weight excluding hydrogens is 376 g/mol. The number of fused-ring (bicyclic) bond motifs is 1. The van der Waals surface area contributed by atoms with Crippen LogP contribution in [0, 0.1) is 13.8 Å². The first-order valence-corrected chi connectivity index (χ1v) is 10.8. The lowest BCUT2D eigenvalue weighted by Crippen LogP contribution is -2.36. The Morgan fingerprint density at radius 3 is 2.77 bits per heavy atom. The van der Waals surface area contributed by atoms with E-state index in [1.807, 2.05) is 6.92 Å². The third kappa shape index (κ3) is 4.36. The quantitative estimate of drug-likeness (QED) is 0.747. The van der Waals surface area contributed by atoms with E-state index >= 15 is 0 Å². The maximum Gasteiger partial charge on any atom is 0.265 e. The molecule has 1 saturated heterocycles. The van der Waals surface area contributed by atoms with Crippen molar-refractivity contribution >= 4 is 28.8 Å². The Bertz CT molecular complexity index is 964. The van der Waals surface area contributed by atoms with Crippen LogP contribution in [-0.4, -0.2) is 59.2 Å². The number of nitrogens with one attached hydrogen (secondary N) is 1. The average molecular weight is 407 g/mol. The van der Waals surface area contributed by atoms with Crippen LogP contribution in [0.25, 0.3) is 0 Å². The van der Waals surface area contributed by atoms with Gasteiger partial charge in [0.15, 0.2) is 5.82 Å². The van der Waals surface area contributed by atoms with Crippen molar-refractivity contribution in [3.05, 3.63) is 41.3 Å². The molecule has 0 aliphatic carbocycles. The summed E-state index contributed by atoms with van der Waals surface area (Å²) < 4.78 is 0. The standard InChI is InChI=1S/C23H30N6O/c1-16-6-7-20-19(14-16)8-12-29(20)22-21(17(2)25-15-26-22)27-18(3)23(30)24-9-13-28-10-4-5-11-28/h6-7,14-15H,4-5,8-13H2,1-3H3,(H,24,30)/b27-18+. The van der Waals surface area contributed by atoms with Crippen molar-refractivity contribution in [3.8, 4) is 0 Å². The Balaban J connectivity index is 1.52. The minimum absolute atomic E-state index is 0.138. The fourth-order valence-electron chi connectivity index (χ4n) is 4.21. The molecule has 0 unspecified atom stereocenters. The molecule has 1 N–H and O–H groups in total. The summed E-state index contributed by atoms with van der Waals surface area (Å²) in [5.41, 5.74) is 5.59.